The molecule has 0 aromatic heterocycles. The molecule has 1 heterocycles. The summed E-state index contributed by atoms with van der Waals surface area (Å²) in [5.74, 6) is -1.24. The van der Waals surface area contributed by atoms with E-state index in [1.54, 1.807) is 0 Å². The maximum Gasteiger partial charge on any atom is 0.419 e. The predicted molar refractivity (Wildman–Crippen MR) is 53.0 cm³/mol. The van der Waals surface area contributed by atoms with E-state index in [2.05, 4.69) is 5.32 Å². The quantitative estimate of drug-likeness (QED) is 0.772. The summed E-state index contributed by atoms with van der Waals surface area (Å²) in [5.41, 5.74) is -1.30. The van der Waals surface area contributed by atoms with Crippen molar-refractivity contribution >= 4 is 0 Å². The van der Waals surface area contributed by atoms with E-state index in [1.165, 1.54) is 12.1 Å². The van der Waals surface area contributed by atoms with Gasteiger partial charge in [-0.25, -0.2) is 4.39 Å². The van der Waals surface area contributed by atoms with Gasteiger partial charge in [-0.2, -0.15) is 13.2 Å². The minimum atomic E-state index is -4.68. The van der Waals surface area contributed by atoms with Crippen LogP contribution >= 0.6 is 0 Å². The maximum atomic E-state index is 13.7. The second-order valence-electron chi connectivity index (χ2n) is 3.77. The minimum Gasteiger partial charge on any atom is -0.371 e. The lowest BCUT2D eigenvalue weighted by Gasteiger charge is -2.25. The molecule has 6 heteroatoms. The molecule has 17 heavy (non-hydrogen) atoms. The van der Waals surface area contributed by atoms with Crippen molar-refractivity contribution in [2.75, 3.05) is 19.7 Å². The molecule has 94 valence electrons. The molecule has 0 spiro atoms. The third-order valence-corrected chi connectivity index (χ3v) is 2.61. The fourth-order valence-electron chi connectivity index (χ4n) is 1.78. The van der Waals surface area contributed by atoms with Gasteiger partial charge < -0.3 is 10.1 Å². The fourth-order valence-corrected chi connectivity index (χ4v) is 1.78. The Morgan fingerprint density at radius 2 is 2.06 bits per heavy atom. The van der Waals surface area contributed by atoms with Crippen molar-refractivity contribution in [3.8, 4) is 0 Å². The van der Waals surface area contributed by atoms with Gasteiger partial charge in [0.2, 0.25) is 0 Å². The molecule has 0 radical (unpaired) electrons. The lowest BCUT2D eigenvalue weighted by Crippen LogP contribution is -2.34. The number of morpholine rings is 1. The van der Waals surface area contributed by atoms with Crippen molar-refractivity contribution in [3.05, 3.63) is 35.1 Å². The Balaban J connectivity index is 2.35. The van der Waals surface area contributed by atoms with Crippen molar-refractivity contribution in [2.45, 2.75) is 12.3 Å². The first-order chi connectivity index (χ1) is 8.00. The van der Waals surface area contributed by atoms with E-state index < -0.39 is 23.7 Å². The normalized spacial score (nSPS) is 21.5. The van der Waals surface area contributed by atoms with E-state index in [0.29, 0.717) is 19.7 Å². The van der Waals surface area contributed by atoms with E-state index in [9.17, 15) is 17.6 Å². The minimum absolute atomic E-state index is 0.0491. The van der Waals surface area contributed by atoms with Crippen LogP contribution in [0.3, 0.4) is 0 Å². The molecule has 0 aliphatic carbocycles. The van der Waals surface area contributed by atoms with Crippen LogP contribution in [0, 0.1) is 5.82 Å². The largest absolute Gasteiger partial charge is 0.419 e. The lowest BCUT2D eigenvalue weighted by atomic mass is 10.0. The number of ether oxygens (including phenoxy) is 1. The van der Waals surface area contributed by atoms with Crippen molar-refractivity contribution in [3.63, 3.8) is 0 Å². The zero-order valence-electron chi connectivity index (χ0n) is 8.85. The number of alkyl halides is 3. The van der Waals surface area contributed by atoms with Gasteiger partial charge in [-0.1, -0.05) is 12.1 Å². The lowest BCUT2D eigenvalue weighted by molar-refractivity contribution is -0.140. The second-order valence-corrected chi connectivity index (χ2v) is 3.77. The van der Waals surface area contributed by atoms with Crippen LogP contribution in [0.4, 0.5) is 17.6 Å². The number of halogens is 4. The molecule has 1 aliphatic rings. The molecular weight excluding hydrogens is 238 g/mol. The summed E-state index contributed by atoms with van der Waals surface area (Å²) in [4.78, 5) is 0. The third-order valence-electron chi connectivity index (χ3n) is 2.61. The van der Waals surface area contributed by atoms with Gasteiger partial charge in [0.05, 0.1) is 18.3 Å². The highest BCUT2D eigenvalue weighted by Crippen LogP contribution is 2.34. The molecule has 1 aromatic carbocycles. The van der Waals surface area contributed by atoms with Crippen LogP contribution in [-0.2, 0) is 10.9 Å². The van der Waals surface area contributed by atoms with E-state index in [-0.39, 0.29) is 5.56 Å². The molecule has 1 fully saturated rings. The highest BCUT2D eigenvalue weighted by molar-refractivity contribution is 5.30. The predicted octanol–water partition coefficient (Wildman–Crippen LogP) is 2.51. The van der Waals surface area contributed by atoms with Crippen LogP contribution in [-0.4, -0.2) is 19.7 Å². The van der Waals surface area contributed by atoms with Crippen LogP contribution in [0.15, 0.2) is 18.2 Å². The van der Waals surface area contributed by atoms with Crippen molar-refractivity contribution in [1.82, 2.24) is 5.32 Å². The molecule has 1 unspecified atom stereocenters. The SMILES string of the molecule is Fc1c(C2CNCCO2)cccc1C(F)(F)F. The molecule has 1 aliphatic heterocycles. The number of hydrogen-bond donors (Lipinski definition) is 1. The van der Waals surface area contributed by atoms with Crippen LogP contribution in [0.5, 0.6) is 0 Å². The fraction of sp³-hybridized carbons (Fsp3) is 0.455. The van der Waals surface area contributed by atoms with Crippen molar-refractivity contribution in [1.29, 1.82) is 0 Å². The van der Waals surface area contributed by atoms with Gasteiger partial charge in [0.15, 0.2) is 0 Å². The van der Waals surface area contributed by atoms with Gasteiger partial charge in [-0.05, 0) is 6.07 Å². The third kappa shape index (κ3) is 2.58. The van der Waals surface area contributed by atoms with Gasteiger partial charge in [0.25, 0.3) is 0 Å². The van der Waals surface area contributed by atoms with Crippen LogP contribution in [0.2, 0.25) is 0 Å². The number of benzene rings is 1. The zero-order chi connectivity index (χ0) is 12.5. The summed E-state index contributed by atoms with van der Waals surface area (Å²) in [6.07, 6.45) is -5.34. The van der Waals surface area contributed by atoms with Crippen molar-refractivity contribution in [2.24, 2.45) is 0 Å². The first-order valence-corrected chi connectivity index (χ1v) is 5.18. The standard InChI is InChI=1S/C11H11F4NO/c12-10-7(9-6-16-4-5-17-9)2-1-3-8(10)11(13,14)15/h1-3,9,16H,4-6H2. The Morgan fingerprint density at radius 1 is 1.29 bits per heavy atom. The summed E-state index contributed by atoms with van der Waals surface area (Å²) in [6, 6.07) is 3.25. The molecule has 1 saturated heterocycles. The highest BCUT2D eigenvalue weighted by atomic mass is 19.4. The molecule has 0 bridgehead atoms. The van der Waals surface area contributed by atoms with E-state index in [0.717, 1.165) is 6.07 Å². The molecular formula is C11H11F4NO. The zero-order valence-corrected chi connectivity index (χ0v) is 8.85. The molecule has 2 rings (SSSR count). The molecule has 1 N–H and O–H groups in total. The second kappa shape index (κ2) is 4.62. The summed E-state index contributed by atoms with van der Waals surface area (Å²) in [6.45, 7) is 1.30. The summed E-state index contributed by atoms with van der Waals surface area (Å²) >= 11 is 0. The first kappa shape index (κ1) is 12.3. The van der Waals surface area contributed by atoms with E-state index in [1.807, 2.05) is 0 Å². The topological polar surface area (TPSA) is 21.3 Å². The summed E-state index contributed by atoms with van der Waals surface area (Å²) in [7, 11) is 0. The number of rotatable bonds is 1. The average molecular weight is 249 g/mol. The Hall–Kier alpha value is -1.14. The molecule has 0 saturated carbocycles. The molecule has 1 atom stereocenters. The Labute approximate surface area is 95.6 Å². The van der Waals surface area contributed by atoms with Gasteiger partial charge in [-0.3, -0.25) is 0 Å². The number of nitrogens with one attached hydrogen (secondary N) is 1. The van der Waals surface area contributed by atoms with Gasteiger partial charge in [0.1, 0.15) is 5.82 Å². The van der Waals surface area contributed by atoms with Crippen LogP contribution < -0.4 is 5.32 Å². The average Bonchev–Trinajstić information content (AvgIpc) is 2.29. The number of hydrogen-bond acceptors (Lipinski definition) is 2. The maximum absolute atomic E-state index is 13.7. The highest BCUT2D eigenvalue weighted by Gasteiger charge is 2.36. The Bertz CT molecular complexity index is 399. The van der Waals surface area contributed by atoms with Crippen molar-refractivity contribution < 1.29 is 22.3 Å². The van der Waals surface area contributed by atoms with Gasteiger partial charge in [-0.15, -0.1) is 0 Å². The van der Waals surface area contributed by atoms with E-state index in [4.69, 9.17) is 4.74 Å². The molecule has 2 nitrogen and oxygen atoms in total. The monoisotopic (exact) mass is 249 g/mol. The van der Waals surface area contributed by atoms with Crippen LogP contribution in [0.25, 0.3) is 0 Å². The molecule has 0 amide bonds. The smallest absolute Gasteiger partial charge is 0.371 e. The Morgan fingerprint density at radius 3 is 2.65 bits per heavy atom. The summed E-state index contributed by atoms with van der Waals surface area (Å²) < 4.78 is 56.5. The van der Waals surface area contributed by atoms with E-state index >= 15 is 0 Å². The Kier molecular flexibility index (Phi) is 3.35. The molecule has 1 aromatic rings. The summed E-state index contributed by atoms with van der Waals surface area (Å²) in [5, 5.41) is 2.95. The van der Waals surface area contributed by atoms with Gasteiger partial charge in [0, 0.05) is 18.7 Å². The van der Waals surface area contributed by atoms with Gasteiger partial charge >= 0.3 is 6.18 Å². The van der Waals surface area contributed by atoms with Crippen LogP contribution in [0.1, 0.15) is 17.2 Å². The first-order valence-electron chi connectivity index (χ1n) is 5.18.